The highest BCUT2D eigenvalue weighted by atomic mass is 16.6. The number of amides is 3. The van der Waals surface area contributed by atoms with E-state index in [0.717, 1.165) is 5.56 Å². The Morgan fingerprint density at radius 3 is 1.83 bits per heavy atom. The van der Waals surface area contributed by atoms with Crippen molar-refractivity contribution in [2.45, 2.75) is 123 Å². The first-order valence-electron chi connectivity index (χ1n) is 17.6. The lowest BCUT2D eigenvalue weighted by Gasteiger charge is -2.45. The minimum atomic E-state index is -1.47. The molecule has 4 N–H and O–H groups in total. The van der Waals surface area contributed by atoms with Crippen LogP contribution in [-0.4, -0.2) is 67.8 Å². The second-order valence-corrected chi connectivity index (χ2v) is 15.6. The molecule has 0 radical (unpaired) electrons. The average molecular weight is 718 g/mol. The van der Waals surface area contributed by atoms with Crippen LogP contribution in [0.2, 0.25) is 0 Å². The molecule has 3 amide bonds. The summed E-state index contributed by atoms with van der Waals surface area (Å²) < 4.78 is 11.3. The van der Waals surface area contributed by atoms with Crippen LogP contribution in [0.4, 0.5) is 4.79 Å². The number of rotatable bonds is 13. The molecule has 3 rings (SSSR count). The minimum Gasteiger partial charge on any atom is -0.508 e. The lowest BCUT2D eigenvalue weighted by Crippen LogP contribution is -2.60. The number of aromatic hydroxyl groups is 2. The van der Waals surface area contributed by atoms with E-state index >= 15 is 4.79 Å². The lowest BCUT2D eigenvalue weighted by atomic mass is 9.90. The molecule has 52 heavy (non-hydrogen) atoms. The number of esters is 1. The maximum atomic E-state index is 15.1. The number of para-hydroxylation sites is 1. The maximum absolute atomic E-state index is 15.1. The van der Waals surface area contributed by atoms with Crippen molar-refractivity contribution in [3.63, 3.8) is 0 Å². The number of alkyl carbamates (subject to hydrolysis) is 1. The summed E-state index contributed by atoms with van der Waals surface area (Å²) in [6, 6.07) is 16.4. The molecule has 0 aliphatic carbocycles. The standard InChI is InChI=1S/C41H55N3O8/c1-11-41(9,10)44(36(48)31(43-38(50)52-40(6,7)8)24-28-20-22-29(45)23-21-28)33(30-19-15-16-26(2)34(30)46)35(47)42-32(37(49)51-39(3,4)5)25-27-17-13-12-14-18-27/h12-23,31-33,45-46H,11,24-25H2,1-10H3,(H,42,47)(H,43,50). The van der Waals surface area contributed by atoms with Gasteiger partial charge in [0.2, 0.25) is 11.8 Å². The number of hydrogen-bond acceptors (Lipinski definition) is 8. The van der Waals surface area contributed by atoms with Crippen molar-refractivity contribution in [2.24, 2.45) is 0 Å². The Hall–Kier alpha value is -5.06. The van der Waals surface area contributed by atoms with E-state index in [2.05, 4.69) is 10.6 Å². The molecule has 0 saturated carbocycles. The molecule has 0 spiro atoms. The van der Waals surface area contributed by atoms with Crippen molar-refractivity contribution >= 4 is 23.9 Å². The summed E-state index contributed by atoms with van der Waals surface area (Å²) in [7, 11) is 0. The van der Waals surface area contributed by atoms with E-state index in [4.69, 9.17) is 9.47 Å². The van der Waals surface area contributed by atoms with Gasteiger partial charge >= 0.3 is 12.1 Å². The van der Waals surface area contributed by atoms with Gasteiger partial charge in [0.25, 0.3) is 0 Å². The monoisotopic (exact) mass is 717 g/mol. The van der Waals surface area contributed by atoms with Crippen LogP contribution in [0.5, 0.6) is 11.5 Å². The van der Waals surface area contributed by atoms with Crippen LogP contribution in [0.3, 0.4) is 0 Å². The molecule has 0 heterocycles. The number of benzene rings is 3. The molecular weight excluding hydrogens is 662 g/mol. The molecule has 3 atom stereocenters. The van der Waals surface area contributed by atoms with Gasteiger partial charge in [-0.05, 0) is 97.6 Å². The number of aryl methyl sites for hydroxylation is 1. The van der Waals surface area contributed by atoms with Crippen LogP contribution in [0, 0.1) is 6.92 Å². The molecule has 3 aromatic rings. The third kappa shape index (κ3) is 11.7. The predicted molar refractivity (Wildman–Crippen MR) is 200 cm³/mol. The Kier molecular flexibility index (Phi) is 13.5. The zero-order valence-electron chi connectivity index (χ0n) is 32.1. The van der Waals surface area contributed by atoms with Crippen molar-refractivity contribution in [3.8, 4) is 11.5 Å². The van der Waals surface area contributed by atoms with Gasteiger partial charge in [-0.2, -0.15) is 0 Å². The Bertz CT molecular complexity index is 1690. The number of phenols is 2. The van der Waals surface area contributed by atoms with Gasteiger partial charge < -0.3 is 35.2 Å². The van der Waals surface area contributed by atoms with E-state index in [1.165, 1.54) is 17.0 Å². The van der Waals surface area contributed by atoms with Gasteiger partial charge in [0, 0.05) is 23.9 Å². The first-order valence-corrected chi connectivity index (χ1v) is 17.6. The number of phenolic OH excluding ortho intramolecular Hbond substituents is 2. The molecule has 282 valence electrons. The van der Waals surface area contributed by atoms with Gasteiger partial charge in [0.1, 0.15) is 40.8 Å². The largest absolute Gasteiger partial charge is 0.508 e. The van der Waals surface area contributed by atoms with Gasteiger partial charge in [-0.3, -0.25) is 9.59 Å². The van der Waals surface area contributed by atoms with Crippen LogP contribution in [-0.2, 0) is 36.7 Å². The van der Waals surface area contributed by atoms with E-state index in [1.54, 1.807) is 92.6 Å². The van der Waals surface area contributed by atoms with Gasteiger partial charge in [0.15, 0.2) is 0 Å². The number of nitrogens with one attached hydrogen (secondary N) is 2. The van der Waals surface area contributed by atoms with E-state index in [0.29, 0.717) is 17.5 Å². The second-order valence-electron chi connectivity index (χ2n) is 15.6. The first-order chi connectivity index (χ1) is 24.1. The third-order valence-electron chi connectivity index (χ3n) is 8.48. The van der Waals surface area contributed by atoms with Crippen LogP contribution in [0.25, 0.3) is 0 Å². The molecule has 0 saturated heterocycles. The van der Waals surface area contributed by atoms with Gasteiger partial charge in [-0.1, -0.05) is 67.6 Å². The Morgan fingerprint density at radius 2 is 1.27 bits per heavy atom. The molecule has 0 aliphatic rings. The summed E-state index contributed by atoms with van der Waals surface area (Å²) in [5.74, 6) is -2.20. The zero-order chi connectivity index (χ0) is 39.0. The van der Waals surface area contributed by atoms with Crippen molar-refractivity contribution in [3.05, 3.63) is 95.1 Å². The van der Waals surface area contributed by atoms with Crippen LogP contribution >= 0.6 is 0 Å². The molecule has 0 bridgehead atoms. The van der Waals surface area contributed by atoms with E-state index in [9.17, 15) is 24.6 Å². The summed E-state index contributed by atoms with van der Waals surface area (Å²) in [5.41, 5.74) is -0.776. The normalized spacial score (nSPS) is 13.7. The van der Waals surface area contributed by atoms with Gasteiger partial charge in [-0.15, -0.1) is 0 Å². The molecule has 3 unspecified atom stereocenters. The number of carbonyl (C=O) groups excluding carboxylic acids is 4. The maximum Gasteiger partial charge on any atom is 0.408 e. The highest BCUT2D eigenvalue weighted by Crippen LogP contribution is 2.37. The quantitative estimate of drug-likeness (QED) is 0.143. The number of carbonyl (C=O) groups is 4. The summed E-state index contributed by atoms with van der Waals surface area (Å²) in [4.78, 5) is 58.2. The lowest BCUT2D eigenvalue weighted by molar-refractivity contribution is -0.159. The number of nitrogens with zero attached hydrogens (tertiary/aromatic N) is 1. The van der Waals surface area contributed by atoms with Crippen LogP contribution < -0.4 is 10.6 Å². The number of hydrogen-bond donors (Lipinski definition) is 4. The highest BCUT2D eigenvalue weighted by molar-refractivity contribution is 5.95. The summed E-state index contributed by atoms with van der Waals surface area (Å²) in [6.07, 6.45) is -0.390. The highest BCUT2D eigenvalue weighted by Gasteiger charge is 2.45. The number of ether oxygens (including phenoxy) is 2. The fraction of sp³-hybridized carbons (Fsp3) is 0.463. The summed E-state index contributed by atoms with van der Waals surface area (Å²) in [6.45, 7) is 17.4. The van der Waals surface area contributed by atoms with Crippen molar-refractivity contribution in [1.82, 2.24) is 15.5 Å². The Balaban J connectivity index is 2.22. The summed E-state index contributed by atoms with van der Waals surface area (Å²) in [5, 5.41) is 27.0. The Morgan fingerprint density at radius 1 is 0.712 bits per heavy atom. The molecule has 0 aromatic heterocycles. The fourth-order valence-corrected chi connectivity index (χ4v) is 5.60. The summed E-state index contributed by atoms with van der Waals surface area (Å²) >= 11 is 0. The second kappa shape index (κ2) is 17.0. The van der Waals surface area contributed by atoms with E-state index in [-0.39, 0.29) is 29.9 Å². The molecule has 0 aliphatic heterocycles. The van der Waals surface area contributed by atoms with Crippen molar-refractivity contribution in [2.75, 3.05) is 0 Å². The van der Waals surface area contributed by atoms with E-state index < -0.39 is 58.7 Å². The molecule has 3 aromatic carbocycles. The van der Waals surface area contributed by atoms with E-state index in [1.807, 2.05) is 37.3 Å². The minimum absolute atomic E-state index is 0.0165. The molecule has 11 heteroatoms. The predicted octanol–water partition coefficient (Wildman–Crippen LogP) is 6.67. The SMILES string of the molecule is CCC(C)(C)N(C(=O)C(Cc1ccc(O)cc1)NC(=O)OC(C)(C)C)C(C(=O)NC(Cc1ccccc1)C(=O)OC(C)(C)C)c1cccc(C)c1O. The van der Waals surface area contributed by atoms with Crippen LogP contribution in [0.15, 0.2) is 72.8 Å². The van der Waals surface area contributed by atoms with Gasteiger partial charge in [-0.25, -0.2) is 9.59 Å². The molecular formula is C41H55N3O8. The van der Waals surface area contributed by atoms with Crippen molar-refractivity contribution < 1.29 is 38.9 Å². The molecule has 11 nitrogen and oxygen atoms in total. The Labute approximate surface area is 307 Å². The first kappa shape index (κ1) is 41.4. The van der Waals surface area contributed by atoms with Gasteiger partial charge in [0.05, 0.1) is 0 Å². The van der Waals surface area contributed by atoms with Crippen molar-refractivity contribution in [1.29, 1.82) is 0 Å². The van der Waals surface area contributed by atoms with Crippen LogP contribution in [0.1, 0.15) is 97.0 Å². The topological polar surface area (TPSA) is 154 Å². The molecule has 0 fully saturated rings. The smallest absolute Gasteiger partial charge is 0.408 e. The fourth-order valence-electron chi connectivity index (χ4n) is 5.60. The zero-order valence-corrected chi connectivity index (χ0v) is 32.1. The average Bonchev–Trinajstić information content (AvgIpc) is 3.04. The third-order valence-corrected chi connectivity index (χ3v) is 8.48.